The molecule has 1 fully saturated rings. The Kier molecular flexibility index (Phi) is 7.07. The van der Waals surface area contributed by atoms with Gasteiger partial charge in [0, 0.05) is 34.5 Å². The minimum atomic E-state index is -0.855. The van der Waals surface area contributed by atoms with Crippen LogP contribution in [-0.2, 0) is 9.59 Å². The van der Waals surface area contributed by atoms with Gasteiger partial charge in [0.05, 0.1) is 6.42 Å². The van der Waals surface area contributed by atoms with E-state index in [1.807, 2.05) is 37.4 Å². The first kappa shape index (κ1) is 16.7. The Morgan fingerprint density at radius 3 is 2.47 bits per heavy atom. The summed E-state index contributed by atoms with van der Waals surface area (Å²) in [6, 6.07) is 0. The van der Waals surface area contributed by atoms with Gasteiger partial charge in [0.25, 0.3) is 0 Å². The molecule has 0 aromatic carbocycles. The van der Waals surface area contributed by atoms with Crippen molar-refractivity contribution in [3.63, 3.8) is 0 Å². The Bertz CT molecular complexity index is 313. The molecule has 4 nitrogen and oxygen atoms in total. The van der Waals surface area contributed by atoms with E-state index in [1.54, 1.807) is 0 Å². The number of hydrogen-bond acceptors (Lipinski definition) is 4. The van der Waals surface area contributed by atoms with Crippen LogP contribution in [0.1, 0.15) is 39.5 Å². The third-order valence-corrected chi connectivity index (χ3v) is 6.39. The highest BCUT2D eigenvalue weighted by Gasteiger charge is 2.31. The monoisotopic (exact) mass is 305 g/mol. The highest BCUT2D eigenvalue weighted by molar-refractivity contribution is 8.06. The molecular weight excluding hydrogens is 282 g/mol. The number of carboxylic acid groups (broad SMARTS) is 1. The lowest BCUT2D eigenvalue weighted by Crippen LogP contribution is -2.49. The molecule has 0 aromatic heterocycles. The van der Waals surface area contributed by atoms with Crippen molar-refractivity contribution in [3.8, 4) is 0 Å². The lowest BCUT2D eigenvalue weighted by molar-refractivity contribution is -0.139. The quantitative estimate of drug-likeness (QED) is 0.756. The zero-order valence-electron chi connectivity index (χ0n) is 11.6. The number of amides is 1. The van der Waals surface area contributed by atoms with E-state index >= 15 is 0 Å². The van der Waals surface area contributed by atoms with Crippen molar-refractivity contribution in [2.75, 3.05) is 17.3 Å². The average Bonchev–Trinajstić information content (AvgIpc) is 2.38. The number of hydrogen-bond donors (Lipinski definition) is 2. The Morgan fingerprint density at radius 2 is 2.00 bits per heavy atom. The van der Waals surface area contributed by atoms with Gasteiger partial charge in [-0.3, -0.25) is 9.59 Å². The smallest absolute Gasteiger partial charge is 0.305 e. The van der Waals surface area contributed by atoms with Crippen molar-refractivity contribution in [1.82, 2.24) is 5.32 Å². The summed E-state index contributed by atoms with van der Waals surface area (Å²) in [5.74, 6) is 2.42. The van der Waals surface area contributed by atoms with Crippen LogP contribution < -0.4 is 5.32 Å². The summed E-state index contributed by atoms with van der Waals surface area (Å²) < 4.78 is 0. The van der Waals surface area contributed by atoms with Crippen LogP contribution in [0.4, 0.5) is 0 Å². The van der Waals surface area contributed by atoms with E-state index in [9.17, 15) is 9.59 Å². The van der Waals surface area contributed by atoms with E-state index in [-0.39, 0.29) is 12.3 Å². The van der Waals surface area contributed by atoms with Crippen molar-refractivity contribution in [1.29, 1.82) is 0 Å². The van der Waals surface area contributed by atoms with E-state index in [0.717, 1.165) is 17.3 Å². The van der Waals surface area contributed by atoms with Gasteiger partial charge in [0.2, 0.25) is 5.91 Å². The number of aliphatic carboxylic acids is 1. The predicted octanol–water partition coefficient (Wildman–Crippen LogP) is 2.37. The summed E-state index contributed by atoms with van der Waals surface area (Å²) in [5.41, 5.74) is -0.588. The number of rotatable bonds is 7. The SMILES string of the molecule is CCC(CC)(CC(=O)O)NC(=O)CC1CSCCS1. The van der Waals surface area contributed by atoms with Gasteiger partial charge in [-0.1, -0.05) is 13.8 Å². The van der Waals surface area contributed by atoms with Crippen LogP contribution in [-0.4, -0.2) is 45.0 Å². The van der Waals surface area contributed by atoms with Crippen LogP contribution in [0.25, 0.3) is 0 Å². The fourth-order valence-electron chi connectivity index (χ4n) is 2.22. The zero-order valence-corrected chi connectivity index (χ0v) is 13.2. The fourth-order valence-corrected chi connectivity index (χ4v) is 4.90. The number of carbonyl (C=O) groups is 2. The molecule has 0 aliphatic carbocycles. The summed E-state index contributed by atoms with van der Waals surface area (Å²) >= 11 is 3.74. The summed E-state index contributed by atoms with van der Waals surface area (Å²) in [4.78, 5) is 23.0. The Labute approximate surface area is 123 Å². The van der Waals surface area contributed by atoms with E-state index in [0.29, 0.717) is 24.5 Å². The van der Waals surface area contributed by atoms with Gasteiger partial charge in [0.1, 0.15) is 0 Å². The molecule has 1 saturated heterocycles. The molecule has 0 bridgehead atoms. The molecule has 0 aromatic rings. The zero-order chi connectivity index (χ0) is 14.3. The summed E-state index contributed by atoms with van der Waals surface area (Å²) in [6.45, 7) is 3.86. The van der Waals surface area contributed by atoms with Crippen molar-refractivity contribution in [2.24, 2.45) is 0 Å². The lowest BCUT2D eigenvalue weighted by Gasteiger charge is -2.32. The minimum Gasteiger partial charge on any atom is -0.481 e. The Hall–Kier alpha value is -0.360. The first-order valence-corrected chi connectivity index (χ1v) is 8.94. The van der Waals surface area contributed by atoms with E-state index in [4.69, 9.17) is 5.11 Å². The molecule has 1 aliphatic rings. The van der Waals surface area contributed by atoms with Gasteiger partial charge in [-0.05, 0) is 12.8 Å². The van der Waals surface area contributed by atoms with Crippen LogP contribution in [0.15, 0.2) is 0 Å². The fraction of sp³-hybridized carbons (Fsp3) is 0.846. The van der Waals surface area contributed by atoms with Gasteiger partial charge in [0.15, 0.2) is 0 Å². The highest BCUT2D eigenvalue weighted by Crippen LogP contribution is 2.27. The second-order valence-electron chi connectivity index (χ2n) is 4.88. The van der Waals surface area contributed by atoms with Crippen molar-refractivity contribution < 1.29 is 14.7 Å². The third kappa shape index (κ3) is 5.65. The molecule has 6 heteroatoms. The Balaban J connectivity index is 2.52. The number of carbonyl (C=O) groups excluding carboxylic acids is 1. The maximum absolute atomic E-state index is 12.1. The molecule has 1 unspecified atom stereocenters. The molecule has 1 atom stereocenters. The molecule has 1 heterocycles. The Morgan fingerprint density at radius 1 is 1.32 bits per heavy atom. The summed E-state index contributed by atoms with van der Waals surface area (Å²) in [7, 11) is 0. The minimum absolute atomic E-state index is 0.00169. The van der Waals surface area contributed by atoms with Crippen LogP contribution in [0.3, 0.4) is 0 Å². The average molecular weight is 305 g/mol. The highest BCUT2D eigenvalue weighted by atomic mass is 32.2. The number of nitrogens with one attached hydrogen (secondary N) is 1. The molecule has 110 valence electrons. The number of thioether (sulfide) groups is 2. The van der Waals surface area contributed by atoms with E-state index in [1.165, 1.54) is 0 Å². The van der Waals surface area contributed by atoms with Gasteiger partial charge < -0.3 is 10.4 Å². The maximum Gasteiger partial charge on any atom is 0.305 e. The van der Waals surface area contributed by atoms with Crippen molar-refractivity contribution >= 4 is 35.4 Å². The van der Waals surface area contributed by atoms with Gasteiger partial charge in [-0.2, -0.15) is 23.5 Å². The van der Waals surface area contributed by atoms with E-state index < -0.39 is 11.5 Å². The standard InChI is InChI=1S/C13H23NO3S2/c1-3-13(4-2,8-12(16)17)14-11(15)7-10-9-18-5-6-19-10/h10H,3-9H2,1-2H3,(H,14,15)(H,16,17). The van der Waals surface area contributed by atoms with Crippen LogP contribution in [0, 0.1) is 0 Å². The van der Waals surface area contributed by atoms with Gasteiger partial charge in [-0.25, -0.2) is 0 Å². The first-order chi connectivity index (χ1) is 9.01. The largest absolute Gasteiger partial charge is 0.481 e. The molecule has 1 amide bonds. The second kappa shape index (κ2) is 8.04. The molecule has 19 heavy (non-hydrogen) atoms. The summed E-state index contributed by atoms with van der Waals surface area (Å²) in [6.07, 6.45) is 1.79. The predicted molar refractivity (Wildman–Crippen MR) is 81.9 cm³/mol. The number of carboxylic acids is 1. The molecule has 2 N–H and O–H groups in total. The van der Waals surface area contributed by atoms with Crippen molar-refractivity contribution in [2.45, 2.75) is 50.3 Å². The lowest BCUT2D eigenvalue weighted by atomic mass is 9.88. The molecule has 1 rings (SSSR count). The first-order valence-electron chi connectivity index (χ1n) is 6.73. The van der Waals surface area contributed by atoms with Crippen molar-refractivity contribution in [3.05, 3.63) is 0 Å². The summed E-state index contributed by atoms with van der Waals surface area (Å²) in [5, 5.41) is 12.3. The molecule has 1 aliphatic heterocycles. The molecular formula is C13H23NO3S2. The van der Waals surface area contributed by atoms with E-state index in [2.05, 4.69) is 5.32 Å². The topological polar surface area (TPSA) is 66.4 Å². The van der Waals surface area contributed by atoms with Gasteiger partial charge >= 0.3 is 5.97 Å². The normalized spacial score (nSPS) is 20.0. The molecule has 0 saturated carbocycles. The van der Waals surface area contributed by atoms with Crippen LogP contribution in [0.5, 0.6) is 0 Å². The van der Waals surface area contributed by atoms with Crippen LogP contribution >= 0.6 is 23.5 Å². The second-order valence-corrected chi connectivity index (χ2v) is 7.44. The molecule has 0 radical (unpaired) electrons. The maximum atomic E-state index is 12.1. The van der Waals surface area contributed by atoms with Crippen LogP contribution in [0.2, 0.25) is 0 Å². The van der Waals surface area contributed by atoms with Gasteiger partial charge in [-0.15, -0.1) is 0 Å². The molecule has 0 spiro atoms. The third-order valence-electron chi connectivity index (χ3n) is 3.55.